The van der Waals surface area contributed by atoms with E-state index in [1.165, 1.54) is 0 Å². The highest BCUT2D eigenvalue weighted by Gasteiger charge is 2.05. The van der Waals surface area contributed by atoms with Gasteiger partial charge in [0.15, 0.2) is 0 Å². The molecule has 0 amide bonds. The molecule has 0 fully saturated rings. The molecular weight excluding hydrogens is 226 g/mol. The monoisotopic (exact) mass is 243 g/mol. The normalized spacial score (nSPS) is 10.1. The van der Waals surface area contributed by atoms with Gasteiger partial charge in [-0.3, -0.25) is 0 Å². The lowest BCUT2D eigenvalue weighted by Crippen LogP contribution is -2.00. The molecule has 0 bridgehead atoms. The molecule has 0 spiro atoms. The van der Waals surface area contributed by atoms with Crippen LogP contribution in [-0.4, -0.2) is 6.61 Å². The van der Waals surface area contributed by atoms with Gasteiger partial charge in [-0.25, -0.2) is 0 Å². The molecule has 4 heteroatoms. The number of anilines is 4. The highest BCUT2D eigenvalue weighted by molar-refractivity contribution is 5.77. The molecule has 2 rings (SSSR count). The predicted molar refractivity (Wildman–Crippen MR) is 76.2 cm³/mol. The van der Waals surface area contributed by atoms with Gasteiger partial charge in [-0.15, -0.1) is 0 Å². The summed E-state index contributed by atoms with van der Waals surface area (Å²) in [4.78, 5) is 0. The van der Waals surface area contributed by atoms with Crippen LogP contribution in [0.25, 0.3) is 0 Å². The molecule has 0 atom stereocenters. The van der Waals surface area contributed by atoms with Crippen molar-refractivity contribution in [1.29, 1.82) is 0 Å². The third-order valence-electron chi connectivity index (χ3n) is 2.53. The van der Waals surface area contributed by atoms with Crippen molar-refractivity contribution < 1.29 is 4.74 Å². The number of ether oxygens (including phenoxy) is 1. The van der Waals surface area contributed by atoms with Crippen molar-refractivity contribution in [1.82, 2.24) is 0 Å². The topological polar surface area (TPSA) is 73.3 Å². The minimum Gasteiger partial charge on any atom is -0.492 e. The van der Waals surface area contributed by atoms with Gasteiger partial charge < -0.3 is 21.5 Å². The third kappa shape index (κ3) is 2.66. The zero-order valence-electron chi connectivity index (χ0n) is 10.3. The molecule has 94 valence electrons. The van der Waals surface area contributed by atoms with Crippen LogP contribution in [0.3, 0.4) is 0 Å². The van der Waals surface area contributed by atoms with Crippen LogP contribution in [0.1, 0.15) is 6.92 Å². The van der Waals surface area contributed by atoms with Crippen LogP contribution in [0, 0.1) is 0 Å². The standard InChI is InChI=1S/C14H17N3O/c1-2-18-14-6-4-3-5-13(14)17-12-8-7-10(15)9-11(12)16/h3-9,17H,2,15-16H2,1H3. The highest BCUT2D eigenvalue weighted by atomic mass is 16.5. The first kappa shape index (κ1) is 12.1. The Balaban J connectivity index is 2.28. The summed E-state index contributed by atoms with van der Waals surface area (Å²) < 4.78 is 5.54. The van der Waals surface area contributed by atoms with E-state index in [4.69, 9.17) is 16.2 Å². The first-order chi connectivity index (χ1) is 8.70. The van der Waals surface area contributed by atoms with Gasteiger partial charge in [-0.2, -0.15) is 0 Å². The van der Waals surface area contributed by atoms with E-state index in [1.54, 1.807) is 6.07 Å². The molecule has 18 heavy (non-hydrogen) atoms. The van der Waals surface area contributed by atoms with E-state index in [9.17, 15) is 0 Å². The van der Waals surface area contributed by atoms with Gasteiger partial charge in [-0.05, 0) is 37.3 Å². The Morgan fingerprint density at radius 1 is 1.06 bits per heavy atom. The second-order valence-electron chi connectivity index (χ2n) is 3.90. The van der Waals surface area contributed by atoms with Crippen LogP contribution in [-0.2, 0) is 0 Å². The van der Waals surface area contributed by atoms with Crippen molar-refractivity contribution in [3.63, 3.8) is 0 Å². The molecule has 0 aromatic heterocycles. The van der Waals surface area contributed by atoms with E-state index in [1.807, 2.05) is 43.3 Å². The summed E-state index contributed by atoms with van der Waals surface area (Å²) in [5.41, 5.74) is 14.5. The highest BCUT2D eigenvalue weighted by Crippen LogP contribution is 2.30. The maximum Gasteiger partial charge on any atom is 0.142 e. The minimum absolute atomic E-state index is 0.612. The molecule has 0 saturated heterocycles. The Morgan fingerprint density at radius 2 is 1.83 bits per heavy atom. The van der Waals surface area contributed by atoms with Crippen molar-refractivity contribution in [2.24, 2.45) is 0 Å². The number of benzene rings is 2. The number of para-hydroxylation sites is 2. The summed E-state index contributed by atoms with van der Waals surface area (Å²) in [6, 6.07) is 13.1. The molecule has 2 aromatic rings. The molecule has 0 unspecified atom stereocenters. The molecule has 0 radical (unpaired) electrons. The molecule has 2 aromatic carbocycles. The lowest BCUT2D eigenvalue weighted by atomic mass is 10.2. The fourth-order valence-electron chi connectivity index (χ4n) is 1.69. The molecule has 0 aliphatic carbocycles. The van der Waals surface area contributed by atoms with Gasteiger partial charge in [0, 0.05) is 5.69 Å². The summed E-state index contributed by atoms with van der Waals surface area (Å²) >= 11 is 0. The van der Waals surface area contributed by atoms with E-state index in [2.05, 4.69) is 5.32 Å². The lowest BCUT2D eigenvalue weighted by molar-refractivity contribution is 0.342. The summed E-state index contributed by atoms with van der Waals surface area (Å²) in [5, 5.41) is 3.25. The van der Waals surface area contributed by atoms with Crippen molar-refractivity contribution in [3.05, 3.63) is 42.5 Å². The Bertz CT molecular complexity index is 540. The predicted octanol–water partition coefficient (Wildman–Crippen LogP) is 2.99. The number of hydrogen-bond acceptors (Lipinski definition) is 4. The summed E-state index contributed by atoms with van der Waals surface area (Å²) in [6.07, 6.45) is 0. The van der Waals surface area contributed by atoms with Crippen molar-refractivity contribution in [2.75, 3.05) is 23.4 Å². The van der Waals surface area contributed by atoms with Gasteiger partial charge in [0.2, 0.25) is 0 Å². The number of nitrogens with two attached hydrogens (primary N) is 2. The first-order valence-electron chi connectivity index (χ1n) is 5.84. The SMILES string of the molecule is CCOc1ccccc1Nc1ccc(N)cc1N. The van der Waals surface area contributed by atoms with Crippen LogP contribution in [0.5, 0.6) is 5.75 Å². The van der Waals surface area contributed by atoms with E-state index >= 15 is 0 Å². The quantitative estimate of drug-likeness (QED) is 0.722. The van der Waals surface area contributed by atoms with Crippen LogP contribution in [0.15, 0.2) is 42.5 Å². The van der Waals surface area contributed by atoms with Gasteiger partial charge >= 0.3 is 0 Å². The second kappa shape index (κ2) is 5.31. The molecular formula is C14H17N3O. The van der Waals surface area contributed by atoms with Crippen LogP contribution in [0.2, 0.25) is 0 Å². The number of nitrogens with one attached hydrogen (secondary N) is 1. The molecule has 5 N–H and O–H groups in total. The third-order valence-corrected chi connectivity index (χ3v) is 2.53. The average Bonchev–Trinajstić information content (AvgIpc) is 2.35. The van der Waals surface area contributed by atoms with Gasteiger partial charge in [-0.1, -0.05) is 12.1 Å². The number of nitrogen functional groups attached to an aromatic ring is 2. The maximum absolute atomic E-state index is 5.91. The second-order valence-corrected chi connectivity index (χ2v) is 3.90. The maximum atomic E-state index is 5.91. The van der Waals surface area contributed by atoms with Gasteiger partial charge in [0.25, 0.3) is 0 Å². The van der Waals surface area contributed by atoms with E-state index in [0.717, 1.165) is 17.1 Å². The van der Waals surface area contributed by atoms with Crippen molar-refractivity contribution in [2.45, 2.75) is 6.92 Å². The molecule has 0 aliphatic heterocycles. The smallest absolute Gasteiger partial charge is 0.142 e. The molecule has 0 saturated carbocycles. The van der Waals surface area contributed by atoms with Gasteiger partial charge in [0.05, 0.1) is 23.7 Å². The van der Waals surface area contributed by atoms with E-state index in [0.29, 0.717) is 18.0 Å². The largest absolute Gasteiger partial charge is 0.492 e. The summed E-state index contributed by atoms with van der Waals surface area (Å²) in [6.45, 7) is 2.57. The lowest BCUT2D eigenvalue weighted by Gasteiger charge is -2.13. The molecule has 0 heterocycles. The first-order valence-corrected chi connectivity index (χ1v) is 5.84. The van der Waals surface area contributed by atoms with Crippen LogP contribution < -0.4 is 21.5 Å². The molecule has 4 nitrogen and oxygen atoms in total. The Labute approximate surface area is 107 Å². The van der Waals surface area contributed by atoms with E-state index in [-0.39, 0.29) is 0 Å². The fraction of sp³-hybridized carbons (Fsp3) is 0.143. The Morgan fingerprint density at radius 3 is 2.56 bits per heavy atom. The average molecular weight is 243 g/mol. The van der Waals surface area contributed by atoms with Crippen molar-refractivity contribution >= 4 is 22.7 Å². The Kier molecular flexibility index (Phi) is 3.57. The van der Waals surface area contributed by atoms with Gasteiger partial charge in [0.1, 0.15) is 5.75 Å². The minimum atomic E-state index is 0.612. The summed E-state index contributed by atoms with van der Waals surface area (Å²) in [5.74, 6) is 0.802. The van der Waals surface area contributed by atoms with Crippen molar-refractivity contribution in [3.8, 4) is 5.75 Å². The summed E-state index contributed by atoms with van der Waals surface area (Å²) in [7, 11) is 0. The van der Waals surface area contributed by atoms with Crippen LogP contribution >= 0.6 is 0 Å². The fourth-order valence-corrected chi connectivity index (χ4v) is 1.69. The molecule has 0 aliphatic rings. The number of rotatable bonds is 4. The van der Waals surface area contributed by atoms with Crippen LogP contribution in [0.4, 0.5) is 22.7 Å². The number of hydrogen-bond donors (Lipinski definition) is 3. The zero-order valence-corrected chi connectivity index (χ0v) is 10.3. The Hall–Kier alpha value is -2.36. The zero-order chi connectivity index (χ0) is 13.0. The van der Waals surface area contributed by atoms with E-state index < -0.39 is 0 Å².